The zero-order valence-corrected chi connectivity index (χ0v) is 9.87. The Kier molecular flexibility index (Phi) is 4.13. The number of aromatic nitrogens is 1. The van der Waals surface area contributed by atoms with E-state index < -0.39 is 0 Å². The lowest BCUT2D eigenvalue weighted by atomic mass is 10.3. The minimum Gasteiger partial charge on any atom is -0.369 e. The number of pyridine rings is 1. The summed E-state index contributed by atoms with van der Waals surface area (Å²) in [4.78, 5) is 6.79. The summed E-state index contributed by atoms with van der Waals surface area (Å²) in [7, 11) is 0. The highest BCUT2D eigenvalue weighted by Gasteiger charge is 2.08. The highest BCUT2D eigenvalue weighted by molar-refractivity contribution is 5.42. The van der Waals surface area contributed by atoms with Crippen LogP contribution in [-0.4, -0.2) is 49.2 Å². The monoisotopic (exact) mass is 220 g/mol. The van der Waals surface area contributed by atoms with Gasteiger partial charge in [0.2, 0.25) is 0 Å². The van der Waals surface area contributed by atoms with Gasteiger partial charge in [0.1, 0.15) is 5.82 Å². The molecule has 16 heavy (non-hydrogen) atoms. The topological polar surface area (TPSA) is 40.2 Å². The second-order valence-corrected chi connectivity index (χ2v) is 4.19. The van der Waals surface area contributed by atoms with E-state index in [4.69, 9.17) is 0 Å². The van der Waals surface area contributed by atoms with Gasteiger partial charge in [0.05, 0.1) is 0 Å². The van der Waals surface area contributed by atoms with Crippen molar-refractivity contribution in [3.63, 3.8) is 0 Å². The number of nitrogens with zero attached hydrogens (tertiary/aromatic N) is 2. The molecule has 1 fully saturated rings. The van der Waals surface area contributed by atoms with Crippen LogP contribution in [0, 0.1) is 6.92 Å². The largest absolute Gasteiger partial charge is 0.369 e. The standard InChI is InChI=1S/C12H20N4/c1-11-3-2-4-14-12(11)15-7-10-16-8-5-13-6-9-16/h2-4,13H,5-10H2,1H3,(H,14,15). The summed E-state index contributed by atoms with van der Waals surface area (Å²) in [6.07, 6.45) is 1.83. The van der Waals surface area contributed by atoms with Crippen molar-refractivity contribution in [2.24, 2.45) is 0 Å². The molecule has 1 aliphatic heterocycles. The van der Waals surface area contributed by atoms with Crippen LogP contribution in [0.15, 0.2) is 18.3 Å². The van der Waals surface area contributed by atoms with Crippen molar-refractivity contribution in [2.75, 3.05) is 44.6 Å². The van der Waals surface area contributed by atoms with E-state index in [2.05, 4.69) is 33.5 Å². The number of piperazine rings is 1. The van der Waals surface area contributed by atoms with Crippen LogP contribution in [0.1, 0.15) is 5.56 Å². The maximum absolute atomic E-state index is 4.32. The van der Waals surface area contributed by atoms with Crippen LogP contribution in [0.4, 0.5) is 5.82 Å². The van der Waals surface area contributed by atoms with E-state index in [-0.39, 0.29) is 0 Å². The molecule has 0 atom stereocenters. The lowest BCUT2D eigenvalue weighted by Gasteiger charge is -2.27. The SMILES string of the molecule is Cc1cccnc1NCCN1CCNCC1. The Morgan fingerprint density at radius 1 is 1.44 bits per heavy atom. The van der Waals surface area contributed by atoms with Crippen molar-refractivity contribution >= 4 is 5.82 Å². The first-order valence-electron chi connectivity index (χ1n) is 5.95. The molecule has 4 heteroatoms. The van der Waals surface area contributed by atoms with Gasteiger partial charge in [-0.15, -0.1) is 0 Å². The van der Waals surface area contributed by atoms with Gasteiger partial charge in [0, 0.05) is 45.5 Å². The van der Waals surface area contributed by atoms with Crippen molar-refractivity contribution in [1.29, 1.82) is 0 Å². The molecule has 0 aromatic carbocycles. The van der Waals surface area contributed by atoms with Gasteiger partial charge in [0.15, 0.2) is 0 Å². The average molecular weight is 220 g/mol. The third kappa shape index (κ3) is 3.18. The van der Waals surface area contributed by atoms with Gasteiger partial charge in [-0.05, 0) is 18.6 Å². The Morgan fingerprint density at radius 3 is 3.00 bits per heavy atom. The summed E-state index contributed by atoms with van der Waals surface area (Å²) in [6.45, 7) is 8.69. The van der Waals surface area contributed by atoms with Gasteiger partial charge in [0.25, 0.3) is 0 Å². The molecule has 0 amide bonds. The molecule has 0 radical (unpaired) electrons. The van der Waals surface area contributed by atoms with Crippen LogP contribution in [0.3, 0.4) is 0 Å². The molecule has 1 saturated heterocycles. The molecule has 2 rings (SSSR count). The Bertz CT molecular complexity index is 321. The van der Waals surface area contributed by atoms with Crippen molar-refractivity contribution in [3.8, 4) is 0 Å². The molecule has 0 aliphatic carbocycles. The minimum atomic E-state index is 0.970. The molecule has 4 nitrogen and oxygen atoms in total. The third-order valence-corrected chi connectivity index (χ3v) is 2.94. The smallest absolute Gasteiger partial charge is 0.128 e. The molecule has 1 aliphatic rings. The van der Waals surface area contributed by atoms with E-state index in [1.165, 1.54) is 5.56 Å². The summed E-state index contributed by atoms with van der Waals surface area (Å²) in [5, 5.41) is 6.74. The van der Waals surface area contributed by atoms with Gasteiger partial charge in [-0.3, -0.25) is 4.90 Å². The number of nitrogens with one attached hydrogen (secondary N) is 2. The van der Waals surface area contributed by atoms with E-state index in [9.17, 15) is 0 Å². The molecule has 88 valence electrons. The Labute approximate surface area is 97.1 Å². The number of hydrogen-bond donors (Lipinski definition) is 2. The second kappa shape index (κ2) is 5.82. The van der Waals surface area contributed by atoms with Crippen LogP contribution in [-0.2, 0) is 0 Å². The fourth-order valence-corrected chi connectivity index (χ4v) is 1.94. The predicted molar refractivity (Wildman–Crippen MR) is 66.8 cm³/mol. The fraction of sp³-hybridized carbons (Fsp3) is 0.583. The maximum Gasteiger partial charge on any atom is 0.128 e. The summed E-state index contributed by atoms with van der Waals surface area (Å²) < 4.78 is 0. The fourth-order valence-electron chi connectivity index (χ4n) is 1.94. The van der Waals surface area contributed by atoms with Crippen molar-refractivity contribution in [3.05, 3.63) is 23.9 Å². The Morgan fingerprint density at radius 2 is 2.25 bits per heavy atom. The lowest BCUT2D eigenvalue weighted by Crippen LogP contribution is -2.45. The highest BCUT2D eigenvalue weighted by atomic mass is 15.2. The second-order valence-electron chi connectivity index (χ2n) is 4.19. The van der Waals surface area contributed by atoms with Crippen LogP contribution in [0.2, 0.25) is 0 Å². The number of rotatable bonds is 4. The molecule has 1 aromatic heterocycles. The first kappa shape index (κ1) is 11.4. The molecule has 0 spiro atoms. The van der Waals surface area contributed by atoms with Gasteiger partial charge in [-0.25, -0.2) is 4.98 Å². The molecule has 1 aromatic rings. The molecule has 0 bridgehead atoms. The first-order chi connectivity index (χ1) is 7.86. The summed E-state index contributed by atoms with van der Waals surface area (Å²) in [5.41, 5.74) is 1.21. The zero-order valence-electron chi connectivity index (χ0n) is 9.87. The zero-order chi connectivity index (χ0) is 11.2. The van der Waals surface area contributed by atoms with E-state index in [1.807, 2.05) is 12.3 Å². The molecule has 0 saturated carbocycles. The quantitative estimate of drug-likeness (QED) is 0.784. The van der Waals surface area contributed by atoms with Crippen molar-refractivity contribution in [1.82, 2.24) is 15.2 Å². The summed E-state index contributed by atoms with van der Waals surface area (Å²) >= 11 is 0. The molecular weight excluding hydrogens is 200 g/mol. The third-order valence-electron chi connectivity index (χ3n) is 2.94. The van der Waals surface area contributed by atoms with E-state index >= 15 is 0 Å². The van der Waals surface area contributed by atoms with E-state index in [1.54, 1.807) is 0 Å². The maximum atomic E-state index is 4.32. The van der Waals surface area contributed by atoms with Gasteiger partial charge in [-0.2, -0.15) is 0 Å². The Balaban J connectivity index is 1.73. The van der Waals surface area contributed by atoms with E-state index in [0.29, 0.717) is 0 Å². The number of aryl methyl sites for hydroxylation is 1. The minimum absolute atomic E-state index is 0.970. The van der Waals surface area contributed by atoms with Crippen molar-refractivity contribution in [2.45, 2.75) is 6.92 Å². The van der Waals surface area contributed by atoms with Gasteiger partial charge in [-0.1, -0.05) is 6.07 Å². The predicted octanol–water partition coefficient (Wildman–Crippen LogP) is 0.707. The average Bonchev–Trinajstić information content (AvgIpc) is 2.33. The lowest BCUT2D eigenvalue weighted by molar-refractivity contribution is 0.249. The molecule has 2 heterocycles. The van der Waals surface area contributed by atoms with Crippen LogP contribution < -0.4 is 10.6 Å². The van der Waals surface area contributed by atoms with Crippen LogP contribution in [0.5, 0.6) is 0 Å². The van der Waals surface area contributed by atoms with Gasteiger partial charge >= 0.3 is 0 Å². The van der Waals surface area contributed by atoms with Gasteiger partial charge < -0.3 is 10.6 Å². The van der Waals surface area contributed by atoms with Crippen LogP contribution in [0.25, 0.3) is 0 Å². The van der Waals surface area contributed by atoms with Crippen LogP contribution >= 0.6 is 0 Å². The molecular formula is C12H20N4. The highest BCUT2D eigenvalue weighted by Crippen LogP contribution is 2.08. The summed E-state index contributed by atoms with van der Waals surface area (Å²) in [6, 6.07) is 4.05. The summed E-state index contributed by atoms with van der Waals surface area (Å²) in [5.74, 6) is 1.01. The normalized spacial score (nSPS) is 17.3. The Hall–Kier alpha value is -1.13. The molecule has 2 N–H and O–H groups in total. The van der Waals surface area contributed by atoms with Crippen molar-refractivity contribution < 1.29 is 0 Å². The molecule has 0 unspecified atom stereocenters. The number of anilines is 1. The number of hydrogen-bond acceptors (Lipinski definition) is 4. The van der Waals surface area contributed by atoms with E-state index in [0.717, 1.165) is 45.1 Å². The first-order valence-corrected chi connectivity index (χ1v) is 5.95.